The average molecular weight is 475 g/mol. The molecule has 9 nitrogen and oxygen atoms in total. The molecule has 0 spiro atoms. The van der Waals surface area contributed by atoms with Crippen molar-refractivity contribution in [3.8, 4) is 0 Å². The minimum absolute atomic E-state index is 0. The molecule has 10 heteroatoms. The molecular formula is C21H47ClN2O7. The van der Waals surface area contributed by atoms with Gasteiger partial charge in [0.25, 0.3) is 0 Å². The average Bonchev–Trinajstić information content (AvgIpc) is 2.81. The predicted molar refractivity (Wildman–Crippen MR) is 125 cm³/mol. The maximum atomic E-state index is 12.1. The Morgan fingerprint density at radius 3 is 2.03 bits per heavy atom. The molecule has 190 valence electrons. The van der Waals surface area contributed by atoms with Crippen LogP contribution in [0.15, 0.2) is 0 Å². The highest BCUT2D eigenvalue weighted by atomic mass is 35.5. The predicted octanol–water partition coefficient (Wildman–Crippen LogP) is 1.81. The third kappa shape index (κ3) is 14.9. The molecule has 2 saturated heterocycles. The minimum Gasteiger partial charge on any atom is -0.444 e. The number of β-amino-alcohol motifs (C(OH)–C–C–N with tert-alkyl or cyclic N) is 2. The van der Waals surface area contributed by atoms with Gasteiger partial charge in [0.2, 0.25) is 0 Å². The van der Waals surface area contributed by atoms with E-state index in [1.807, 2.05) is 34.6 Å². The molecule has 2 unspecified atom stereocenters. The van der Waals surface area contributed by atoms with Gasteiger partial charge in [-0.1, -0.05) is 7.43 Å². The number of aliphatic hydroxyl groups is 3. The third-order valence-electron chi connectivity index (χ3n) is 4.09. The maximum absolute atomic E-state index is 12.1. The SMILES string of the molecule is C.CC(C)(C)OC(=O)N1CC(O)COCC1(C)C.CC1(C)COCC(O)CN1.CO.Cl. The van der Waals surface area contributed by atoms with Crippen molar-refractivity contribution in [2.24, 2.45) is 0 Å². The first kappa shape index (κ1) is 34.9. The molecule has 0 bridgehead atoms. The molecule has 2 aliphatic rings. The number of halogens is 1. The van der Waals surface area contributed by atoms with Crippen LogP contribution < -0.4 is 5.32 Å². The minimum atomic E-state index is -0.663. The summed E-state index contributed by atoms with van der Waals surface area (Å²) in [5.74, 6) is 0. The first-order chi connectivity index (χ1) is 13.2. The Kier molecular flexibility index (Phi) is 17.1. The number of carbonyl (C=O) groups is 1. The molecule has 2 atom stereocenters. The zero-order chi connectivity index (χ0) is 22.9. The lowest BCUT2D eigenvalue weighted by atomic mass is 10.1. The van der Waals surface area contributed by atoms with Crippen molar-refractivity contribution < 1.29 is 34.3 Å². The summed E-state index contributed by atoms with van der Waals surface area (Å²) >= 11 is 0. The molecule has 0 radical (unpaired) electrons. The molecule has 1 amide bonds. The van der Waals surface area contributed by atoms with E-state index in [0.29, 0.717) is 26.4 Å². The summed E-state index contributed by atoms with van der Waals surface area (Å²) in [5, 5.41) is 29.0. The van der Waals surface area contributed by atoms with Gasteiger partial charge in [-0.05, 0) is 48.5 Å². The van der Waals surface area contributed by atoms with E-state index in [1.54, 1.807) is 0 Å². The smallest absolute Gasteiger partial charge is 0.410 e. The van der Waals surface area contributed by atoms with Crippen LogP contribution in [0.1, 0.15) is 55.9 Å². The Morgan fingerprint density at radius 1 is 1.03 bits per heavy atom. The van der Waals surface area contributed by atoms with Crippen molar-refractivity contribution in [1.29, 1.82) is 0 Å². The van der Waals surface area contributed by atoms with Gasteiger partial charge in [-0.25, -0.2) is 4.79 Å². The fourth-order valence-electron chi connectivity index (χ4n) is 2.63. The summed E-state index contributed by atoms with van der Waals surface area (Å²) in [6.07, 6.45) is -1.42. The number of aliphatic hydroxyl groups excluding tert-OH is 3. The van der Waals surface area contributed by atoms with Crippen LogP contribution in [-0.4, -0.2) is 102 Å². The van der Waals surface area contributed by atoms with Crippen molar-refractivity contribution in [1.82, 2.24) is 10.2 Å². The second-order valence-electron chi connectivity index (χ2n) is 9.51. The third-order valence-corrected chi connectivity index (χ3v) is 4.09. The van der Waals surface area contributed by atoms with E-state index < -0.39 is 23.3 Å². The summed E-state index contributed by atoms with van der Waals surface area (Å²) in [7, 11) is 1.00. The Hall–Kier alpha value is -0.680. The molecule has 2 fully saturated rings. The standard InChI is InChI=1S/C12H23NO4.C7H15NO2.CH4O.CH4.ClH/c1-11(2,3)17-10(15)13-6-9(14)7-16-8-12(13,4)5;1-7(2)5-10-4-6(9)3-8-7;1-2;;/h9,14H,6-8H2,1-5H3;6,8-9H,3-5H2,1-2H3;2H,1H3;1H4;1H. The van der Waals surface area contributed by atoms with E-state index in [4.69, 9.17) is 24.4 Å². The van der Waals surface area contributed by atoms with Crippen molar-refractivity contribution in [3.05, 3.63) is 0 Å². The Morgan fingerprint density at radius 2 is 1.52 bits per heavy atom. The van der Waals surface area contributed by atoms with E-state index in [0.717, 1.165) is 7.11 Å². The van der Waals surface area contributed by atoms with Gasteiger partial charge in [-0.2, -0.15) is 0 Å². The first-order valence-corrected chi connectivity index (χ1v) is 9.94. The van der Waals surface area contributed by atoms with Crippen molar-refractivity contribution in [3.63, 3.8) is 0 Å². The number of carbonyl (C=O) groups excluding carboxylic acids is 1. The van der Waals surface area contributed by atoms with Gasteiger partial charge >= 0.3 is 6.09 Å². The normalized spacial score (nSPS) is 24.8. The molecule has 2 aliphatic heterocycles. The van der Waals surface area contributed by atoms with Gasteiger partial charge in [-0.3, -0.25) is 4.90 Å². The van der Waals surface area contributed by atoms with E-state index in [1.165, 1.54) is 4.90 Å². The largest absolute Gasteiger partial charge is 0.444 e. The van der Waals surface area contributed by atoms with Crippen molar-refractivity contribution in [2.45, 2.75) is 84.8 Å². The quantitative estimate of drug-likeness (QED) is 0.419. The van der Waals surface area contributed by atoms with Gasteiger partial charge in [0.15, 0.2) is 0 Å². The highest BCUT2D eigenvalue weighted by Crippen LogP contribution is 2.22. The number of amides is 1. The van der Waals surface area contributed by atoms with Crippen LogP contribution >= 0.6 is 12.4 Å². The number of hydrogen-bond acceptors (Lipinski definition) is 8. The van der Waals surface area contributed by atoms with Crippen LogP contribution in [0.25, 0.3) is 0 Å². The lowest BCUT2D eigenvalue weighted by Gasteiger charge is -2.37. The summed E-state index contributed by atoms with van der Waals surface area (Å²) in [6, 6.07) is 0. The van der Waals surface area contributed by atoms with Gasteiger partial charge < -0.3 is 34.8 Å². The molecular weight excluding hydrogens is 428 g/mol. The number of nitrogens with zero attached hydrogens (tertiary/aromatic N) is 1. The van der Waals surface area contributed by atoms with Crippen LogP contribution in [-0.2, 0) is 14.2 Å². The maximum Gasteiger partial charge on any atom is 0.410 e. The van der Waals surface area contributed by atoms with Crippen LogP contribution in [0, 0.1) is 0 Å². The topological polar surface area (TPSA) is 121 Å². The summed E-state index contributed by atoms with van der Waals surface area (Å²) in [6.45, 7) is 16.0. The summed E-state index contributed by atoms with van der Waals surface area (Å²) in [5.41, 5.74) is -0.997. The Balaban J connectivity index is -0.000000483. The molecule has 0 saturated carbocycles. The molecule has 2 heterocycles. The molecule has 2 rings (SSSR count). The highest BCUT2D eigenvalue weighted by molar-refractivity contribution is 5.85. The first-order valence-electron chi connectivity index (χ1n) is 9.94. The van der Waals surface area contributed by atoms with E-state index >= 15 is 0 Å². The van der Waals surface area contributed by atoms with Crippen molar-refractivity contribution in [2.75, 3.05) is 46.6 Å². The van der Waals surface area contributed by atoms with Gasteiger partial charge in [-0.15, -0.1) is 12.4 Å². The molecule has 0 aromatic carbocycles. The van der Waals surface area contributed by atoms with E-state index in [-0.39, 0.29) is 44.6 Å². The lowest BCUT2D eigenvalue weighted by molar-refractivity contribution is -0.00736. The van der Waals surface area contributed by atoms with Crippen LogP contribution in [0.2, 0.25) is 0 Å². The zero-order valence-corrected chi connectivity index (χ0v) is 20.5. The van der Waals surface area contributed by atoms with E-state index in [9.17, 15) is 9.90 Å². The summed E-state index contributed by atoms with van der Waals surface area (Å²) in [4.78, 5) is 13.6. The molecule has 0 aromatic rings. The number of rotatable bonds is 0. The molecule has 0 aromatic heterocycles. The number of nitrogens with one attached hydrogen (secondary N) is 1. The fraction of sp³-hybridized carbons (Fsp3) is 0.952. The van der Waals surface area contributed by atoms with Gasteiger partial charge in [0.1, 0.15) is 5.60 Å². The Bertz CT molecular complexity index is 485. The van der Waals surface area contributed by atoms with Crippen LogP contribution in [0.3, 0.4) is 0 Å². The Labute approximate surface area is 194 Å². The second-order valence-corrected chi connectivity index (χ2v) is 9.51. The fourth-order valence-corrected chi connectivity index (χ4v) is 2.63. The van der Waals surface area contributed by atoms with Crippen LogP contribution in [0.4, 0.5) is 4.79 Å². The molecule has 4 N–H and O–H groups in total. The van der Waals surface area contributed by atoms with Gasteiger partial charge in [0, 0.05) is 19.2 Å². The lowest BCUT2D eigenvalue weighted by Crippen LogP contribution is -2.52. The highest BCUT2D eigenvalue weighted by Gasteiger charge is 2.37. The summed E-state index contributed by atoms with van der Waals surface area (Å²) < 4.78 is 15.9. The monoisotopic (exact) mass is 474 g/mol. The number of hydrogen-bond donors (Lipinski definition) is 4. The van der Waals surface area contributed by atoms with Crippen molar-refractivity contribution >= 4 is 18.5 Å². The molecule has 31 heavy (non-hydrogen) atoms. The second kappa shape index (κ2) is 15.2. The van der Waals surface area contributed by atoms with E-state index in [2.05, 4.69) is 19.2 Å². The van der Waals surface area contributed by atoms with Crippen LogP contribution in [0.5, 0.6) is 0 Å². The van der Waals surface area contributed by atoms with Gasteiger partial charge in [0.05, 0.1) is 50.7 Å². The number of ether oxygens (including phenoxy) is 3. The zero-order valence-electron chi connectivity index (χ0n) is 19.7. The molecule has 0 aliphatic carbocycles.